The van der Waals surface area contributed by atoms with Crippen molar-refractivity contribution in [3.8, 4) is 11.1 Å². The van der Waals surface area contributed by atoms with Crippen molar-refractivity contribution in [2.24, 2.45) is 0 Å². The first-order valence-electron chi connectivity index (χ1n) is 5.46. The number of carbonyl (C=O) groups excluding carboxylic acids is 1. The maximum Gasteiger partial charge on any atom is 0.416 e. The van der Waals surface area contributed by atoms with Gasteiger partial charge in [-0.25, -0.2) is 4.39 Å². The quantitative estimate of drug-likeness (QED) is 0.570. The van der Waals surface area contributed by atoms with Gasteiger partial charge in [-0.2, -0.15) is 13.2 Å². The first-order chi connectivity index (χ1) is 9.29. The van der Waals surface area contributed by atoms with E-state index < -0.39 is 22.8 Å². The standard InChI is InChI=1S/C14H7ClF4O/c15-13(20)9-4-5-11(12(16)7-9)8-2-1-3-10(6-8)14(17,18)19/h1-7H. The molecular weight excluding hydrogens is 296 g/mol. The molecule has 2 rings (SSSR count). The highest BCUT2D eigenvalue weighted by atomic mass is 35.5. The highest BCUT2D eigenvalue weighted by Crippen LogP contribution is 2.33. The first-order valence-corrected chi connectivity index (χ1v) is 5.84. The van der Waals surface area contributed by atoms with E-state index in [0.717, 1.165) is 18.2 Å². The maximum absolute atomic E-state index is 13.8. The number of benzene rings is 2. The van der Waals surface area contributed by atoms with Crippen LogP contribution in [0.25, 0.3) is 11.1 Å². The van der Waals surface area contributed by atoms with Crippen molar-refractivity contribution < 1.29 is 22.4 Å². The molecule has 2 aromatic carbocycles. The topological polar surface area (TPSA) is 17.1 Å². The predicted molar refractivity (Wildman–Crippen MR) is 67.0 cm³/mol. The Labute approximate surface area is 116 Å². The Kier molecular flexibility index (Phi) is 3.81. The third-order valence-electron chi connectivity index (χ3n) is 2.70. The third-order valence-corrected chi connectivity index (χ3v) is 2.92. The van der Waals surface area contributed by atoms with Crippen molar-refractivity contribution >= 4 is 16.8 Å². The van der Waals surface area contributed by atoms with Crippen LogP contribution in [0.5, 0.6) is 0 Å². The molecule has 0 aliphatic heterocycles. The summed E-state index contributed by atoms with van der Waals surface area (Å²) in [5.74, 6) is -0.809. The Hall–Kier alpha value is -1.88. The molecule has 20 heavy (non-hydrogen) atoms. The molecule has 0 radical (unpaired) electrons. The molecule has 0 saturated heterocycles. The van der Waals surface area contributed by atoms with E-state index in [0.29, 0.717) is 0 Å². The Balaban J connectivity index is 2.49. The Bertz CT molecular complexity index is 664. The van der Waals surface area contributed by atoms with E-state index in [1.807, 2.05) is 0 Å². The van der Waals surface area contributed by atoms with Crippen molar-refractivity contribution in [2.75, 3.05) is 0 Å². The molecule has 0 aliphatic rings. The number of carbonyl (C=O) groups is 1. The van der Waals surface area contributed by atoms with Crippen molar-refractivity contribution in [3.63, 3.8) is 0 Å². The number of alkyl halides is 3. The Morgan fingerprint density at radius 2 is 1.75 bits per heavy atom. The molecule has 0 aromatic heterocycles. The van der Waals surface area contributed by atoms with E-state index in [1.54, 1.807) is 0 Å². The zero-order chi connectivity index (χ0) is 14.9. The molecule has 104 valence electrons. The summed E-state index contributed by atoms with van der Waals surface area (Å²) >= 11 is 5.20. The highest BCUT2D eigenvalue weighted by Gasteiger charge is 2.30. The summed E-state index contributed by atoms with van der Waals surface area (Å²) in [4.78, 5) is 10.9. The van der Waals surface area contributed by atoms with Gasteiger partial charge in [-0.3, -0.25) is 4.79 Å². The molecule has 0 bridgehead atoms. The third kappa shape index (κ3) is 2.99. The lowest BCUT2D eigenvalue weighted by molar-refractivity contribution is -0.137. The average molecular weight is 303 g/mol. The lowest BCUT2D eigenvalue weighted by atomic mass is 10.0. The molecule has 0 fully saturated rings. The minimum absolute atomic E-state index is 0.0298. The van der Waals surface area contributed by atoms with Gasteiger partial charge in [-0.15, -0.1) is 0 Å². The number of hydrogen-bond donors (Lipinski definition) is 0. The molecule has 0 saturated carbocycles. The lowest BCUT2D eigenvalue weighted by Crippen LogP contribution is -2.04. The zero-order valence-corrected chi connectivity index (χ0v) is 10.6. The summed E-state index contributed by atoms with van der Waals surface area (Å²) in [7, 11) is 0. The summed E-state index contributed by atoms with van der Waals surface area (Å²) in [6, 6.07) is 7.67. The van der Waals surface area contributed by atoms with E-state index in [1.165, 1.54) is 24.3 Å². The van der Waals surface area contributed by atoms with E-state index >= 15 is 0 Å². The summed E-state index contributed by atoms with van der Waals surface area (Å²) < 4.78 is 51.6. The maximum atomic E-state index is 13.8. The SMILES string of the molecule is O=C(Cl)c1ccc(-c2cccc(C(F)(F)F)c2)c(F)c1. The van der Waals surface area contributed by atoms with E-state index in [2.05, 4.69) is 0 Å². The molecule has 0 heterocycles. The molecule has 0 atom stereocenters. The molecule has 1 nitrogen and oxygen atoms in total. The number of hydrogen-bond acceptors (Lipinski definition) is 1. The van der Waals surface area contributed by atoms with Crippen LogP contribution in [-0.4, -0.2) is 5.24 Å². The van der Waals surface area contributed by atoms with Gasteiger partial charge in [0.25, 0.3) is 5.24 Å². The van der Waals surface area contributed by atoms with Crippen LogP contribution in [0.2, 0.25) is 0 Å². The van der Waals surface area contributed by atoms with Crippen LogP contribution in [0.15, 0.2) is 42.5 Å². The second kappa shape index (κ2) is 5.25. The van der Waals surface area contributed by atoms with Gasteiger partial charge in [-0.1, -0.05) is 18.2 Å². The minimum Gasteiger partial charge on any atom is -0.276 e. The summed E-state index contributed by atoms with van der Waals surface area (Å²) in [5.41, 5.74) is -0.879. The van der Waals surface area contributed by atoms with Crippen LogP contribution in [0.3, 0.4) is 0 Å². The lowest BCUT2D eigenvalue weighted by Gasteiger charge is -2.09. The average Bonchev–Trinajstić information content (AvgIpc) is 2.37. The number of halogens is 5. The van der Waals surface area contributed by atoms with Crippen molar-refractivity contribution in [2.45, 2.75) is 6.18 Å². The van der Waals surface area contributed by atoms with Gasteiger partial charge >= 0.3 is 6.18 Å². The van der Waals surface area contributed by atoms with E-state index in [9.17, 15) is 22.4 Å². The monoisotopic (exact) mass is 302 g/mol. The van der Waals surface area contributed by atoms with Gasteiger partial charge in [0.1, 0.15) is 5.82 Å². The van der Waals surface area contributed by atoms with Crippen LogP contribution in [0, 0.1) is 5.82 Å². The predicted octanol–water partition coefficient (Wildman–Crippen LogP) is 4.89. The van der Waals surface area contributed by atoms with Gasteiger partial charge < -0.3 is 0 Å². The smallest absolute Gasteiger partial charge is 0.276 e. The molecule has 0 amide bonds. The zero-order valence-electron chi connectivity index (χ0n) is 9.84. The van der Waals surface area contributed by atoms with Gasteiger partial charge in [0.15, 0.2) is 0 Å². The highest BCUT2D eigenvalue weighted by molar-refractivity contribution is 6.67. The van der Waals surface area contributed by atoms with Crippen molar-refractivity contribution in [1.82, 2.24) is 0 Å². The largest absolute Gasteiger partial charge is 0.416 e. The van der Waals surface area contributed by atoms with Crippen LogP contribution in [0.4, 0.5) is 17.6 Å². The van der Waals surface area contributed by atoms with E-state index in [-0.39, 0.29) is 16.7 Å². The fraction of sp³-hybridized carbons (Fsp3) is 0.0714. The first kappa shape index (κ1) is 14.5. The molecule has 0 spiro atoms. The van der Waals surface area contributed by atoms with E-state index in [4.69, 9.17) is 11.6 Å². The second-order valence-electron chi connectivity index (χ2n) is 4.05. The van der Waals surface area contributed by atoms with Crippen LogP contribution >= 0.6 is 11.6 Å². The minimum atomic E-state index is -4.50. The fourth-order valence-electron chi connectivity index (χ4n) is 1.73. The Morgan fingerprint density at radius 1 is 1.05 bits per heavy atom. The van der Waals surface area contributed by atoms with Crippen LogP contribution in [-0.2, 0) is 6.18 Å². The van der Waals surface area contributed by atoms with Crippen LogP contribution < -0.4 is 0 Å². The Morgan fingerprint density at radius 3 is 2.30 bits per heavy atom. The summed E-state index contributed by atoms with van der Waals surface area (Å²) in [5, 5.41) is -0.834. The number of rotatable bonds is 2. The van der Waals surface area contributed by atoms with Gasteiger partial charge in [0.2, 0.25) is 0 Å². The molecule has 0 aliphatic carbocycles. The summed E-state index contributed by atoms with van der Waals surface area (Å²) in [6.07, 6.45) is -4.50. The van der Waals surface area contributed by atoms with Gasteiger partial charge in [-0.05, 0) is 41.4 Å². The molecular formula is C14H7ClF4O. The fourth-order valence-corrected chi connectivity index (χ4v) is 1.85. The molecule has 0 unspecified atom stereocenters. The van der Waals surface area contributed by atoms with Crippen molar-refractivity contribution in [3.05, 3.63) is 59.4 Å². The van der Waals surface area contributed by atoms with Gasteiger partial charge in [0, 0.05) is 11.1 Å². The second-order valence-corrected chi connectivity index (χ2v) is 4.39. The molecule has 2 aromatic rings. The molecule has 0 N–H and O–H groups in total. The molecule has 6 heteroatoms. The normalized spacial score (nSPS) is 11.4. The summed E-state index contributed by atoms with van der Waals surface area (Å²) in [6.45, 7) is 0. The van der Waals surface area contributed by atoms with Crippen LogP contribution in [0.1, 0.15) is 15.9 Å². The van der Waals surface area contributed by atoms with Crippen molar-refractivity contribution in [1.29, 1.82) is 0 Å². The van der Waals surface area contributed by atoms with Gasteiger partial charge in [0.05, 0.1) is 5.56 Å².